The molecular formula is C21H18Br2O3. The molecule has 0 aliphatic heterocycles. The Kier molecular flexibility index (Phi) is 7.88. The van der Waals surface area contributed by atoms with Crippen molar-refractivity contribution in [2.45, 2.75) is 0 Å². The molecule has 0 bridgehead atoms. The molecule has 0 saturated heterocycles. The van der Waals surface area contributed by atoms with Crippen molar-refractivity contribution in [2.24, 2.45) is 0 Å². The van der Waals surface area contributed by atoms with Crippen molar-refractivity contribution in [3.05, 3.63) is 81.3 Å². The van der Waals surface area contributed by atoms with Crippen LogP contribution in [0.3, 0.4) is 0 Å². The Bertz CT molecular complexity index is 854. The van der Waals surface area contributed by atoms with Gasteiger partial charge in [-0.3, -0.25) is 4.79 Å². The van der Waals surface area contributed by atoms with Gasteiger partial charge < -0.3 is 9.47 Å². The van der Waals surface area contributed by atoms with Crippen molar-refractivity contribution in [2.75, 3.05) is 13.7 Å². The summed E-state index contributed by atoms with van der Waals surface area (Å²) in [6, 6.07) is 11.3. The fraction of sp³-hybridized carbons (Fsp3) is 0.0952. The normalized spacial score (nSPS) is 11.0. The van der Waals surface area contributed by atoms with Gasteiger partial charge in [0.25, 0.3) is 0 Å². The molecule has 26 heavy (non-hydrogen) atoms. The van der Waals surface area contributed by atoms with Gasteiger partial charge in [0.15, 0.2) is 17.3 Å². The standard InChI is InChI=1S/C21H18Br2O3/c1-3-12-26-21-13-15(5-11-20(21)25-2)4-8-18(24)9-6-16-14-17(22)7-10-19(16)23/h3-11,13-14H,1,12H2,2H3/b8-4+,9-6+. The Labute approximate surface area is 170 Å². The predicted octanol–water partition coefficient (Wildman–Crippen LogP) is 6.08. The Morgan fingerprint density at radius 1 is 1.08 bits per heavy atom. The summed E-state index contributed by atoms with van der Waals surface area (Å²) < 4.78 is 12.7. The summed E-state index contributed by atoms with van der Waals surface area (Å²) in [5.74, 6) is 1.13. The lowest BCUT2D eigenvalue weighted by atomic mass is 10.1. The number of hydrogen-bond acceptors (Lipinski definition) is 3. The number of benzene rings is 2. The molecule has 0 fully saturated rings. The topological polar surface area (TPSA) is 35.5 Å². The van der Waals surface area contributed by atoms with Crippen LogP contribution in [0.25, 0.3) is 12.2 Å². The highest BCUT2D eigenvalue weighted by molar-refractivity contribution is 9.11. The lowest BCUT2D eigenvalue weighted by Crippen LogP contribution is -1.96. The third-order valence-electron chi connectivity index (χ3n) is 3.37. The van der Waals surface area contributed by atoms with Gasteiger partial charge in [0.05, 0.1) is 7.11 Å². The van der Waals surface area contributed by atoms with Crippen molar-refractivity contribution < 1.29 is 14.3 Å². The number of rotatable bonds is 8. The molecule has 0 atom stereocenters. The van der Waals surface area contributed by atoms with Gasteiger partial charge in [0.2, 0.25) is 0 Å². The second kappa shape index (κ2) is 10.1. The largest absolute Gasteiger partial charge is 0.493 e. The predicted molar refractivity (Wildman–Crippen MR) is 114 cm³/mol. The molecule has 2 rings (SSSR count). The zero-order valence-electron chi connectivity index (χ0n) is 14.2. The second-order valence-electron chi connectivity index (χ2n) is 5.24. The van der Waals surface area contributed by atoms with Crippen LogP contribution in [0.2, 0.25) is 0 Å². The number of ketones is 1. The van der Waals surface area contributed by atoms with Gasteiger partial charge in [-0.1, -0.05) is 56.7 Å². The molecule has 0 unspecified atom stereocenters. The number of allylic oxidation sites excluding steroid dienone is 2. The Morgan fingerprint density at radius 3 is 2.58 bits per heavy atom. The molecule has 5 heteroatoms. The minimum atomic E-state index is -0.110. The molecule has 2 aromatic rings. The van der Waals surface area contributed by atoms with Crippen LogP contribution in [0.1, 0.15) is 11.1 Å². The van der Waals surface area contributed by atoms with Gasteiger partial charge in [-0.2, -0.15) is 0 Å². The van der Waals surface area contributed by atoms with E-state index >= 15 is 0 Å². The number of hydrogen-bond donors (Lipinski definition) is 0. The van der Waals surface area contributed by atoms with Gasteiger partial charge >= 0.3 is 0 Å². The first-order valence-electron chi connectivity index (χ1n) is 7.80. The van der Waals surface area contributed by atoms with Crippen molar-refractivity contribution >= 4 is 49.8 Å². The fourth-order valence-corrected chi connectivity index (χ4v) is 2.86. The average molecular weight is 478 g/mol. The monoisotopic (exact) mass is 476 g/mol. The lowest BCUT2D eigenvalue weighted by molar-refractivity contribution is -0.110. The lowest BCUT2D eigenvalue weighted by Gasteiger charge is -2.09. The maximum Gasteiger partial charge on any atom is 0.178 e. The van der Waals surface area contributed by atoms with E-state index in [1.807, 2.05) is 30.3 Å². The minimum absolute atomic E-state index is 0.110. The molecule has 0 heterocycles. The highest BCUT2D eigenvalue weighted by Gasteiger charge is 2.04. The van der Waals surface area contributed by atoms with E-state index in [-0.39, 0.29) is 5.78 Å². The van der Waals surface area contributed by atoms with E-state index in [2.05, 4.69) is 38.4 Å². The van der Waals surface area contributed by atoms with E-state index < -0.39 is 0 Å². The molecule has 0 amide bonds. The fourth-order valence-electron chi connectivity index (χ4n) is 2.11. The van der Waals surface area contributed by atoms with Crippen LogP contribution in [0.15, 0.2) is 70.2 Å². The number of methoxy groups -OCH3 is 1. The summed E-state index contributed by atoms with van der Waals surface area (Å²) >= 11 is 6.88. The molecule has 0 saturated carbocycles. The Morgan fingerprint density at radius 2 is 1.85 bits per heavy atom. The van der Waals surface area contributed by atoms with Crippen molar-refractivity contribution in [1.29, 1.82) is 0 Å². The van der Waals surface area contributed by atoms with Crippen LogP contribution in [-0.2, 0) is 4.79 Å². The number of carbonyl (C=O) groups is 1. The summed E-state index contributed by atoms with van der Waals surface area (Å²) in [6.07, 6.45) is 8.22. The molecule has 0 spiro atoms. The van der Waals surface area contributed by atoms with Gasteiger partial charge in [0.1, 0.15) is 6.61 Å². The van der Waals surface area contributed by atoms with Gasteiger partial charge in [-0.25, -0.2) is 0 Å². The van der Waals surface area contributed by atoms with E-state index in [1.165, 1.54) is 12.2 Å². The zero-order chi connectivity index (χ0) is 18.9. The summed E-state index contributed by atoms with van der Waals surface area (Å²) in [7, 11) is 1.58. The number of halogens is 2. The van der Waals surface area contributed by atoms with Crippen LogP contribution in [0.4, 0.5) is 0 Å². The smallest absolute Gasteiger partial charge is 0.178 e. The molecule has 0 aliphatic rings. The van der Waals surface area contributed by atoms with E-state index in [1.54, 1.807) is 31.4 Å². The molecule has 0 aromatic heterocycles. The van der Waals surface area contributed by atoms with Crippen LogP contribution in [0, 0.1) is 0 Å². The Hall–Kier alpha value is -2.11. The first-order chi connectivity index (χ1) is 12.5. The van der Waals surface area contributed by atoms with Crippen LogP contribution >= 0.6 is 31.9 Å². The highest BCUT2D eigenvalue weighted by atomic mass is 79.9. The van der Waals surface area contributed by atoms with Crippen LogP contribution < -0.4 is 9.47 Å². The Balaban J connectivity index is 2.10. The summed E-state index contributed by atoms with van der Waals surface area (Å²) in [5.41, 5.74) is 1.76. The van der Waals surface area contributed by atoms with E-state index in [0.717, 1.165) is 20.1 Å². The SMILES string of the molecule is C=CCOc1cc(/C=C/C(=O)/C=C/c2cc(Br)ccc2Br)ccc1OC. The molecule has 0 aliphatic carbocycles. The van der Waals surface area contributed by atoms with Gasteiger partial charge in [0, 0.05) is 8.95 Å². The second-order valence-corrected chi connectivity index (χ2v) is 7.01. The van der Waals surface area contributed by atoms with Gasteiger partial charge in [-0.15, -0.1) is 0 Å². The maximum atomic E-state index is 12.1. The number of carbonyl (C=O) groups excluding carboxylic acids is 1. The molecular weight excluding hydrogens is 460 g/mol. The van der Waals surface area contributed by atoms with E-state index in [4.69, 9.17) is 9.47 Å². The minimum Gasteiger partial charge on any atom is -0.493 e. The van der Waals surface area contributed by atoms with Crippen molar-refractivity contribution in [1.82, 2.24) is 0 Å². The summed E-state index contributed by atoms with van der Waals surface area (Å²) in [5, 5.41) is 0. The zero-order valence-corrected chi connectivity index (χ0v) is 17.4. The third kappa shape index (κ3) is 6.00. The van der Waals surface area contributed by atoms with Gasteiger partial charge in [-0.05, 0) is 59.7 Å². The first-order valence-corrected chi connectivity index (χ1v) is 9.39. The van der Waals surface area contributed by atoms with Crippen molar-refractivity contribution in [3.63, 3.8) is 0 Å². The summed E-state index contributed by atoms with van der Waals surface area (Å²) in [6.45, 7) is 4.01. The van der Waals surface area contributed by atoms with Crippen LogP contribution in [0.5, 0.6) is 11.5 Å². The molecule has 134 valence electrons. The third-order valence-corrected chi connectivity index (χ3v) is 4.59. The summed E-state index contributed by atoms with van der Waals surface area (Å²) in [4.78, 5) is 12.1. The van der Waals surface area contributed by atoms with E-state index in [0.29, 0.717) is 18.1 Å². The molecule has 0 radical (unpaired) electrons. The van der Waals surface area contributed by atoms with Crippen LogP contribution in [-0.4, -0.2) is 19.5 Å². The molecule has 2 aromatic carbocycles. The maximum absolute atomic E-state index is 12.1. The van der Waals surface area contributed by atoms with Crippen molar-refractivity contribution in [3.8, 4) is 11.5 Å². The molecule has 3 nitrogen and oxygen atoms in total. The number of ether oxygens (including phenoxy) is 2. The average Bonchev–Trinajstić information content (AvgIpc) is 2.65. The quantitative estimate of drug-likeness (QED) is 0.341. The first kappa shape index (κ1) is 20.2. The van der Waals surface area contributed by atoms with E-state index in [9.17, 15) is 4.79 Å². The molecule has 0 N–H and O–H groups in total. The highest BCUT2D eigenvalue weighted by Crippen LogP contribution is 2.28.